The number of carbonyl (C=O) groups excluding carboxylic acids is 1. The minimum absolute atomic E-state index is 0.199. The van der Waals surface area contributed by atoms with Crippen LogP contribution in [0.5, 0.6) is 0 Å². The first-order valence-corrected chi connectivity index (χ1v) is 12.4. The van der Waals surface area contributed by atoms with Crippen molar-refractivity contribution in [2.45, 2.75) is 24.3 Å². The highest BCUT2D eigenvalue weighted by atomic mass is 32.2. The van der Waals surface area contributed by atoms with Crippen molar-refractivity contribution in [1.82, 2.24) is 5.32 Å². The summed E-state index contributed by atoms with van der Waals surface area (Å²) in [5.74, 6) is -0.451. The molecule has 0 heterocycles. The van der Waals surface area contributed by atoms with Gasteiger partial charge in [-0.3, -0.25) is 9.10 Å². The first-order chi connectivity index (χ1) is 13.0. The molecule has 0 unspecified atom stereocenters. The highest BCUT2D eigenvalue weighted by Gasteiger charge is 2.22. The minimum atomic E-state index is -3.64. The highest BCUT2D eigenvalue weighted by Crippen LogP contribution is 2.20. The van der Waals surface area contributed by atoms with E-state index in [0.717, 1.165) is 22.4 Å². The molecule has 0 aliphatic rings. The van der Waals surface area contributed by atoms with E-state index in [1.165, 1.54) is 12.1 Å². The summed E-state index contributed by atoms with van der Waals surface area (Å²) in [4.78, 5) is 12.7. The van der Waals surface area contributed by atoms with E-state index in [2.05, 4.69) is 5.32 Å². The fourth-order valence-corrected chi connectivity index (χ4v) is 4.22. The van der Waals surface area contributed by atoms with Gasteiger partial charge in [0.25, 0.3) is 0 Å². The van der Waals surface area contributed by atoms with Crippen LogP contribution in [0, 0.1) is 0 Å². The Morgan fingerprint density at radius 2 is 1.54 bits per heavy atom. The Morgan fingerprint density at radius 1 is 0.964 bits per heavy atom. The van der Waals surface area contributed by atoms with Crippen molar-refractivity contribution < 1.29 is 21.6 Å². The standard InChI is InChI=1S/C19H24N2O5S2/c1-4-18(15-10-12-17(13-11-15)27(2,23)24)20-19(22)14-21(28(3,25)26)16-8-6-5-7-9-16/h5-13,18H,4,14H2,1-3H3,(H,20,22)/t18-/m1/s1. The lowest BCUT2D eigenvalue weighted by molar-refractivity contribution is -0.120. The van der Waals surface area contributed by atoms with Crippen molar-refractivity contribution in [2.24, 2.45) is 0 Å². The van der Waals surface area contributed by atoms with Gasteiger partial charge in [-0.25, -0.2) is 16.8 Å². The Balaban J connectivity index is 2.17. The number of amides is 1. The number of anilines is 1. The van der Waals surface area contributed by atoms with E-state index in [1.807, 2.05) is 6.92 Å². The molecule has 1 amide bonds. The Bertz CT molecular complexity index is 1020. The first-order valence-electron chi connectivity index (χ1n) is 8.64. The zero-order valence-electron chi connectivity index (χ0n) is 16.0. The largest absolute Gasteiger partial charge is 0.348 e. The number of para-hydroxylation sites is 1. The van der Waals surface area contributed by atoms with Gasteiger partial charge in [-0.1, -0.05) is 37.3 Å². The summed E-state index contributed by atoms with van der Waals surface area (Å²) in [7, 11) is -6.94. The summed E-state index contributed by atoms with van der Waals surface area (Å²) in [6.45, 7) is 1.53. The van der Waals surface area contributed by atoms with E-state index < -0.39 is 25.8 Å². The van der Waals surface area contributed by atoms with Crippen molar-refractivity contribution in [3.8, 4) is 0 Å². The number of sulfonamides is 1. The molecule has 0 aliphatic heterocycles. The topological polar surface area (TPSA) is 101 Å². The molecule has 2 aromatic carbocycles. The van der Waals surface area contributed by atoms with E-state index in [9.17, 15) is 21.6 Å². The van der Waals surface area contributed by atoms with E-state index in [-0.39, 0.29) is 17.5 Å². The molecule has 28 heavy (non-hydrogen) atoms. The summed E-state index contributed by atoms with van der Waals surface area (Å²) in [6.07, 6.45) is 2.74. The van der Waals surface area contributed by atoms with Crippen LogP contribution in [0.1, 0.15) is 24.9 Å². The van der Waals surface area contributed by atoms with Gasteiger partial charge < -0.3 is 5.32 Å². The Labute approximate surface area is 166 Å². The molecule has 0 saturated carbocycles. The number of hydrogen-bond donors (Lipinski definition) is 1. The maximum absolute atomic E-state index is 12.5. The second-order valence-corrected chi connectivity index (χ2v) is 10.4. The van der Waals surface area contributed by atoms with Crippen LogP contribution in [0.25, 0.3) is 0 Å². The Kier molecular flexibility index (Phi) is 6.84. The number of sulfone groups is 1. The van der Waals surface area contributed by atoms with E-state index in [0.29, 0.717) is 12.1 Å². The van der Waals surface area contributed by atoms with Crippen LogP contribution >= 0.6 is 0 Å². The third kappa shape index (κ3) is 5.80. The molecular weight excluding hydrogens is 400 g/mol. The first kappa shape index (κ1) is 21.9. The summed E-state index contributed by atoms with van der Waals surface area (Å²) in [5, 5.41) is 2.82. The fraction of sp³-hybridized carbons (Fsp3) is 0.316. The third-order valence-corrected chi connectivity index (χ3v) is 6.45. The fourth-order valence-electron chi connectivity index (χ4n) is 2.73. The van der Waals surface area contributed by atoms with Crippen LogP contribution < -0.4 is 9.62 Å². The van der Waals surface area contributed by atoms with Gasteiger partial charge in [-0.2, -0.15) is 0 Å². The summed E-state index contributed by atoms with van der Waals surface area (Å²) in [6, 6.07) is 14.3. The zero-order chi connectivity index (χ0) is 20.9. The quantitative estimate of drug-likeness (QED) is 0.700. The lowest BCUT2D eigenvalue weighted by Crippen LogP contribution is -2.41. The summed E-state index contributed by atoms with van der Waals surface area (Å²) < 4.78 is 48.4. The average Bonchev–Trinajstić information content (AvgIpc) is 2.63. The van der Waals surface area contributed by atoms with Crippen LogP contribution in [0.15, 0.2) is 59.5 Å². The molecule has 0 aromatic heterocycles. The molecule has 0 radical (unpaired) electrons. The molecule has 7 nitrogen and oxygen atoms in total. The Morgan fingerprint density at radius 3 is 2.00 bits per heavy atom. The molecule has 152 valence electrons. The van der Waals surface area contributed by atoms with Gasteiger partial charge in [0, 0.05) is 6.26 Å². The maximum Gasteiger partial charge on any atom is 0.241 e. The van der Waals surface area contributed by atoms with Crippen LogP contribution in [0.3, 0.4) is 0 Å². The molecule has 0 bridgehead atoms. The van der Waals surface area contributed by atoms with Crippen molar-refractivity contribution in [1.29, 1.82) is 0 Å². The van der Waals surface area contributed by atoms with Gasteiger partial charge >= 0.3 is 0 Å². The highest BCUT2D eigenvalue weighted by molar-refractivity contribution is 7.92. The number of carbonyl (C=O) groups is 1. The zero-order valence-corrected chi connectivity index (χ0v) is 17.6. The smallest absolute Gasteiger partial charge is 0.241 e. The molecule has 2 aromatic rings. The van der Waals surface area contributed by atoms with Gasteiger partial charge in [-0.15, -0.1) is 0 Å². The predicted molar refractivity (Wildman–Crippen MR) is 109 cm³/mol. The number of hydrogen-bond acceptors (Lipinski definition) is 5. The number of nitrogens with zero attached hydrogens (tertiary/aromatic N) is 1. The summed E-state index contributed by atoms with van der Waals surface area (Å²) in [5.41, 5.74) is 1.15. The molecule has 2 rings (SSSR count). The minimum Gasteiger partial charge on any atom is -0.348 e. The van der Waals surface area contributed by atoms with Crippen molar-refractivity contribution in [3.05, 3.63) is 60.2 Å². The molecular formula is C19H24N2O5S2. The van der Waals surface area contributed by atoms with Crippen LogP contribution in [0.4, 0.5) is 5.69 Å². The van der Waals surface area contributed by atoms with E-state index in [1.54, 1.807) is 42.5 Å². The van der Waals surface area contributed by atoms with Crippen molar-refractivity contribution >= 4 is 31.5 Å². The normalized spacial score (nSPS) is 13.0. The van der Waals surface area contributed by atoms with Gasteiger partial charge in [0.2, 0.25) is 15.9 Å². The SMILES string of the molecule is CC[C@@H](NC(=O)CN(c1ccccc1)S(C)(=O)=O)c1ccc(S(C)(=O)=O)cc1. The van der Waals surface area contributed by atoms with Crippen molar-refractivity contribution in [2.75, 3.05) is 23.4 Å². The monoisotopic (exact) mass is 424 g/mol. The van der Waals surface area contributed by atoms with Crippen LogP contribution in [-0.4, -0.2) is 41.8 Å². The van der Waals surface area contributed by atoms with Crippen LogP contribution in [-0.2, 0) is 24.7 Å². The van der Waals surface area contributed by atoms with E-state index in [4.69, 9.17) is 0 Å². The second kappa shape index (κ2) is 8.74. The number of nitrogens with one attached hydrogen (secondary N) is 1. The van der Waals surface area contributed by atoms with Crippen molar-refractivity contribution in [3.63, 3.8) is 0 Å². The maximum atomic E-state index is 12.5. The van der Waals surface area contributed by atoms with Crippen LogP contribution in [0.2, 0.25) is 0 Å². The predicted octanol–water partition coefficient (Wildman–Crippen LogP) is 2.12. The van der Waals surface area contributed by atoms with E-state index >= 15 is 0 Å². The number of rotatable bonds is 8. The molecule has 0 spiro atoms. The lowest BCUT2D eigenvalue weighted by Gasteiger charge is -2.24. The molecule has 0 fully saturated rings. The van der Waals surface area contributed by atoms with Gasteiger partial charge in [-0.05, 0) is 36.2 Å². The third-order valence-electron chi connectivity index (χ3n) is 4.19. The molecule has 1 atom stereocenters. The lowest BCUT2D eigenvalue weighted by atomic mass is 10.0. The second-order valence-electron chi connectivity index (χ2n) is 6.47. The van der Waals surface area contributed by atoms with Gasteiger partial charge in [0.15, 0.2) is 9.84 Å². The number of benzene rings is 2. The summed E-state index contributed by atoms with van der Waals surface area (Å²) >= 11 is 0. The van der Waals surface area contributed by atoms with Gasteiger partial charge in [0.05, 0.1) is 22.9 Å². The van der Waals surface area contributed by atoms with Gasteiger partial charge in [0.1, 0.15) is 6.54 Å². The average molecular weight is 425 g/mol. The molecule has 0 aliphatic carbocycles. The molecule has 0 saturated heterocycles. The molecule has 1 N–H and O–H groups in total. The molecule has 9 heteroatoms. The Hall–Kier alpha value is -2.39.